The molecule has 1 amide bonds. The number of unbranched alkanes of at least 4 members (excludes halogenated alkanes) is 10. The van der Waals surface area contributed by atoms with Gasteiger partial charge in [-0.25, -0.2) is 0 Å². The topological polar surface area (TPSA) is 86.6 Å². The van der Waals surface area contributed by atoms with E-state index in [9.17, 15) is 14.7 Å². The van der Waals surface area contributed by atoms with Crippen molar-refractivity contribution in [3.8, 4) is 0 Å². The van der Waals surface area contributed by atoms with Gasteiger partial charge in [0.2, 0.25) is 5.91 Å². The van der Waals surface area contributed by atoms with Crippen molar-refractivity contribution in [1.82, 2.24) is 5.32 Å². The quantitative estimate of drug-likeness (QED) is 0.246. The molecule has 0 rings (SSSR count). The highest BCUT2D eigenvalue weighted by atomic mass is 16.4. The largest absolute Gasteiger partial charge is 0.481 e. The molecule has 0 aliphatic heterocycles. The van der Waals surface area contributed by atoms with Gasteiger partial charge in [-0.1, -0.05) is 76.9 Å². The summed E-state index contributed by atoms with van der Waals surface area (Å²) in [5.41, 5.74) is 0. The van der Waals surface area contributed by atoms with Crippen LogP contribution in [-0.4, -0.2) is 35.2 Å². The molecule has 0 saturated heterocycles. The molecule has 0 bridgehead atoms. The molecule has 152 valence electrons. The number of aliphatic carboxylic acids is 1. The van der Waals surface area contributed by atoms with Crippen LogP contribution in [-0.2, 0) is 9.59 Å². The number of allylic oxidation sites excluding steroid dienone is 1. The third kappa shape index (κ3) is 16.1. The van der Waals surface area contributed by atoms with Gasteiger partial charge in [-0.2, -0.15) is 0 Å². The van der Waals surface area contributed by atoms with Crippen LogP contribution in [0.4, 0.5) is 0 Å². The minimum absolute atomic E-state index is 0.0153. The number of hydrogen-bond acceptors (Lipinski definition) is 3. The zero-order valence-electron chi connectivity index (χ0n) is 16.5. The van der Waals surface area contributed by atoms with Crippen molar-refractivity contribution in [2.75, 3.05) is 13.2 Å². The number of carbonyl (C=O) groups excluding carboxylic acids is 1. The Kier molecular flexibility index (Phi) is 17.5. The summed E-state index contributed by atoms with van der Waals surface area (Å²) in [6.45, 7) is 2.63. The van der Waals surface area contributed by atoms with Crippen LogP contribution >= 0.6 is 0 Å². The number of carbonyl (C=O) groups is 2. The van der Waals surface area contributed by atoms with Gasteiger partial charge >= 0.3 is 5.97 Å². The standard InChI is InChI=1S/C21H39NO4/c1-2-3-4-5-6-7-8-9-10-11-12-13-15-19(21(25)26)18-20(24)22-16-14-17-23/h13,15,19,23H,2-12,14,16-18H2,1H3,(H,22,24)(H,25,26). The molecule has 0 heterocycles. The summed E-state index contributed by atoms with van der Waals surface area (Å²) in [7, 11) is 0. The molecule has 0 fully saturated rings. The molecule has 1 atom stereocenters. The van der Waals surface area contributed by atoms with Gasteiger partial charge < -0.3 is 15.5 Å². The van der Waals surface area contributed by atoms with Gasteiger partial charge in [0, 0.05) is 19.6 Å². The van der Waals surface area contributed by atoms with Crippen LogP contribution in [0.25, 0.3) is 0 Å². The first-order valence-corrected chi connectivity index (χ1v) is 10.4. The van der Waals surface area contributed by atoms with Crippen LogP contribution in [0.3, 0.4) is 0 Å². The fraction of sp³-hybridized carbons (Fsp3) is 0.810. The first kappa shape index (κ1) is 24.6. The fourth-order valence-electron chi connectivity index (χ4n) is 2.83. The highest BCUT2D eigenvalue weighted by Crippen LogP contribution is 2.12. The van der Waals surface area contributed by atoms with Gasteiger partial charge in [-0.05, 0) is 19.3 Å². The van der Waals surface area contributed by atoms with Gasteiger partial charge in [-0.15, -0.1) is 0 Å². The zero-order valence-corrected chi connectivity index (χ0v) is 16.5. The summed E-state index contributed by atoms with van der Waals surface area (Å²) in [4.78, 5) is 22.9. The van der Waals surface area contributed by atoms with Crippen LogP contribution in [0, 0.1) is 5.92 Å². The summed E-state index contributed by atoms with van der Waals surface area (Å²) in [5, 5.41) is 20.5. The molecule has 0 aromatic carbocycles. The van der Waals surface area contributed by atoms with Gasteiger partial charge in [0.1, 0.15) is 0 Å². The summed E-state index contributed by atoms with van der Waals surface area (Å²) in [6, 6.07) is 0. The van der Waals surface area contributed by atoms with Gasteiger partial charge in [0.25, 0.3) is 0 Å². The highest BCUT2D eigenvalue weighted by Gasteiger charge is 2.17. The van der Waals surface area contributed by atoms with E-state index in [4.69, 9.17) is 5.11 Å². The molecule has 0 spiro atoms. The Morgan fingerprint density at radius 2 is 1.50 bits per heavy atom. The molecule has 0 saturated carbocycles. The lowest BCUT2D eigenvalue weighted by atomic mass is 10.0. The molecule has 5 nitrogen and oxygen atoms in total. The molecular formula is C21H39NO4. The number of carboxylic acids is 1. The molecule has 0 radical (unpaired) electrons. The van der Waals surface area contributed by atoms with Gasteiger partial charge in [0.05, 0.1) is 5.92 Å². The normalized spacial score (nSPS) is 12.4. The van der Waals surface area contributed by atoms with E-state index in [2.05, 4.69) is 12.2 Å². The van der Waals surface area contributed by atoms with Crippen molar-refractivity contribution >= 4 is 11.9 Å². The molecule has 26 heavy (non-hydrogen) atoms. The lowest BCUT2D eigenvalue weighted by Crippen LogP contribution is -2.28. The van der Waals surface area contributed by atoms with E-state index >= 15 is 0 Å². The van der Waals surface area contributed by atoms with Crippen molar-refractivity contribution in [1.29, 1.82) is 0 Å². The first-order valence-electron chi connectivity index (χ1n) is 10.4. The number of aliphatic hydroxyl groups is 1. The minimum Gasteiger partial charge on any atom is -0.481 e. The second-order valence-corrected chi connectivity index (χ2v) is 6.97. The smallest absolute Gasteiger partial charge is 0.310 e. The van der Waals surface area contributed by atoms with E-state index in [1.165, 1.54) is 57.8 Å². The van der Waals surface area contributed by atoms with E-state index in [0.29, 0.717) is 13.0 Å². The Bertz CT molecular complexity index is 382. The lowest BCUT2D eigenvalue weighted by molar-refractivity contribution is -0.142. The Morgan fingerprint density at radius 3 is 2.04 bits per heavy atom. The van der Waals surface area contributed by atoms with Crippen molar-refractivity contribution in [2.24, 2.45) is 5.92 Å². The Labute approximate surface area is 159 Å². The summed E-state index contributed by atoms with van der Waals surface area (Å²) in [6.07, 6.45) is 17.7. The van der Waals surface area contributed by atoms with Crippen LogP contribution < -0.4 is 5.32 Å². The van der Waals surface area contributed by atoms with Crippen LogP contribution in [0.1, 0.15) is 90.4 Å². The Balaban J connectivity index is 3.71. The maximum Gasteiger partial charge on any atom is 0.310 e. The number of rotatable bonds is 18. The molecule has 0 aliphatic carbocycles. The minimum atomic E-state index is -0.971. The third-order valence-electron chi connectivity index (χ3n) is 4.47. The number of amides is 1. The van der Waals surface area contributed by atoms with Gasteiger partial charge in [-0.3, -0.25) is 9.59 Å². The highest BCUT2D eigenvalue weighted by molar-refractivity contribution is 5.83. The molecule has 5 heteroatoms. The van der Waals surface area contributed by atoms with E-state index < -0.39 is 11.9 Å². The number of carboxylic acid groups (broad SMARTS) is 1. The predicted octanol–water partition coefficient (Wildman–Crippen LogP) is 4.44. The summed E-state index contributed by atoms with van der Waals surface area (Å²) >= 11 is 0. The van der Waals surface area contributed by atoms with Crippen molar-refractivity contribution in [3.05, 3.63) is 12.2 Å². The van der Waals surface area contributed by atoms with Crippen molar-refractivity contribution < 1.29 is 19.8 Å². The summed E-state index contributed by atoms with van der Waals surface area (Å²) < 4.78 is 0. The SMILES string of the molecule is CCCCCCCCCCCCC=CC(CC(=O)NCCCO)C(=O)O. The average Bonchev–Trinajstić information content (AvgIpc) is 2.61. The fourth-order valence-corrected chi connectivity index (χ4v) is 2.83. The predicted molar refractivity (Wildman–Crippen MR) is 106 cm³/mol. The zero-order chi connectivity index (χ0) is 19.5. The number of nitrogens with one attached hydrogen (secondary N) is 1. The van der Waals surface area contributed by atoms with Crippen LogP contribution in [0.15, 0.2) is 12.2 Å². The second kappa shape index (κ2) is 18.4. The Hall–Kier alpha value is -1.36. The van der Waals surface area contributed by atoms with E-state index in [1.54, 1.807) is 6.08 Å². The van der Waals surface area contributed by atoms with Crippen LogP contribution in [0.2, 0.25) is 0 Å². The maximum atomic E-state index is 11.7. The second-order valence-electron chi connectivity index (χ2n) is 6.97. The number of aliphatic hydroxyl groups excluding tert-OH is 1. The molecule has 3 N–H and O–H groups in total. The third-order valence-corrected chi connectivity index (χ3v) is 4.47. The Morgan fingerprint density at radius 1 is 0.923 bits per heavy atom. The van der Waals surface area contributed by atoms with E-state index in [0.717, 1.165) is 12.8 Å². The summed E-state index contributed by atoms with van der Waals surface area (Å²) in [5.74, 6) is -2.02. The molecule has 0 aliphatic rings. The monoisotopic (exact) mass is 369 g/mol. The molecule has 0 aromatic rings. The van der Waals surface area contributed by atoms with E-state index in [-0.39, 0.29) is 18.9 Å². The lowest BCUT2D eigenvalue weighted by Gasteiger charge is -2.08. The molecule has 0 aromatic heterocycles. The molecule has 1 unspecified atom stereocenters. The van der Waals surface area contributed by atoms with E-state index in [1.807, 2.05) is 6.08 Å². The van der Waals surface area contributed by atoms with Gasteiger partial charge in [0.15, 0.2) is 0 Å². The van der Waals surface area contributed by atoms with Crippen molar-refractivity contribution in [2.45, 2.75) is 90.4 Å². The number of hydrogen-bond donors (Lipinski definition) is 3. The first-order chi connectivity index (χ1) is 12.6. The average molecular weight is 370 g/mol. The molecular weight excluding hydrogens is 330 g/mol. The van der Waals surface area contributed by atoms with Crippen molar-refractivity contribution in [3.63, 3.8) is 0 Å². The maximum absolute atomic E-state index is 11.7. The van der Waals surface area contributed by atoms with Crippen LogP contribution in [0.5, 0.6) is 0 Å².